The Balaban J connectivity index is 4.06. The zero-order valence-electron chi connectivity index (χ0n) is 15.6. The van der Waals surface area contributed by atoms with Crippen molar-refractivity contribution in [1.82, 2.24) is 4.90 Å². The highest BCUT2D eigenvalue weighted by atomic mass is 16.2. The Morgan fingerprint density at radius 3 is 1.55 bits per heavy atom. The molecule has 0 heterocycles. The predicted octanol–water partition coefficient (Wildman–Crippen LogP) is 6.11. The van der Waals surface area contributed by atoms with Crippen molar-refractivity contribution in [3.8, 4) is 0 Å². The molecular weight excluding hydrogens is 270 g/mol. The molecule has 2 nitrogen and oxygen atoms in total. The normalized spacial score (nSPS) is 10.5. The van der Waals surface area contributed by atoms with Crippen LogP contribution in [0.4, 0.5) is 0 Å². The van der Waals surface area contributed by atoms with Crippen LogP contribution in [-0.2, 0) is 4.79 Å². The van der Waals surface area contributed by atoms with Crippen molar-refractivity contribution < 1.29 is 4.79 Å². The SMILES string of the molecule is CCCCCCCCN(CCCCCCC)C(=O)C=C(C)C. The van der Waals surface area contributed by atoms with Crippen LogP contribution in [0.25, 0.3) is 0 Å². The van der Waals surface area contributed by atoms with Gasteiger partial charge in [-0.05, 0) is 26.7 Å². The van der Waals surface area contributed by atoms with Gasteiger partial charge in [-0.25, -0.2) is 0 Å². The first-order chi connectivity index (χ1) is 10.6. The van der Waals surface area contributed by atoms with Crippen LogP contribution >= 0.6 is 0 Å². The topological polar surface area (TPSA) is 20.3 Å². The maximum absolute atomic E-state index is 12.3. The fourth-order valence-electron chi connectivity index (χ4n) is 2.66. The van der Waals surface area contributed by atoms with Crippen molar-refractivity contribution in [3.05, 3.63) is 11.6 Å². The van der Waals surface area contributed by atoms with Gasteiger partial charge in [0, 0.05) is 19.2 Å². The Labute approximate surface area is 139 Å². The van der Waals surface area contributed by atoms with Crippen LogP contribution in [0.1, 0.15) is 98.3 Å². The number of hydrogen-bond acceptors (Lipinski definition) is 1. The molecule has 130 valence electrons. The molecule has 0 atom stereocenters. The molecule has 0 fully saturated rings. The summed E-state index contributed by atoms with van der Waals surface area (Å²) in [7, 11) is 0. The van der Waals surface area contributed by atoms with Crippen molar-refractivity contribution >= 4 is 5.91 Å². The average molecular weight is 310 g/mol. The van der Waals surface area contributed by atoms with E-state index in [1.54, 1.807) is 6.08 Å². The van der Waals surface area contributed by atoms with E-state index in [-0.39, 0.29) is 5.91 Å². The van der Waals surface area contributed by atoms with Gasteiger partial charge in [-0.3, -0.25) is 4.79 Å². The lowest BCUT2D eigenvalue weighted by atomic mass is 10.1. The standard InChI is InChI=1S/C20H39NO/c1-5-7-9-11-13-15-17-21(20(22)18-19(3)4)16-14-12-10-8-6-2/h18H,5-17H2,1-4H3. The Morgan fingerprint density at radius 2 is 1.14 bits per heavy atom. The van der Waals surface area contributed by atoms with Crippen molar-refractivity contribution in [1.29, 1.82) is 0 Å². The third-order valence-corrected chi connectivity index (χ3v) is 4.04. The number of carbonyl (C=O) groups excluding carboxylic acids is 1. The molecule has 0 aromatic heterocycles. The van der Waals surface area contributed by atoms with Gasteiger partial charge in [0.2, 0.25) is 5.91 Å². The molecule has 0 unspecified atom stereocenters. The molecule has 1 amide bonds. The summed E-state index contributed by atoms with van der Waals surface area (Å²) >= 11 is 0. The molecular formula is C20H39NO. The molecule has 0 aliphatic rings. The lowest BCUT2D eigenvalue weighted by Crippen LogP contribution is -2.31. The van der Waals surface area contributed by atoms with E-state index in [0.29, 0.717) is 0 Å². The van der Waals surface area contributed by atoms with Gasteiger partial charge in [-0.1, -0.05) is 77.2 Å². The highest BCUT2D eigenvalue weighted by Crippen LogP contribution is 2.09. The zero-order valence-corrected chi connectivity index (χ0v) is 15.6. The third-order valence-electron chi connectivity index (χ3n) is 4.04. The average Bonchev–Trinajstić information content (AvgIpc) is 2.47. The number of allylic oxidation sites excluding steroid dienone is 1. The van der Waals surface area contributed by atoms with Gasteiger partial charge in [0.05, 0.1) is 0 Å². The molecule has 0 saturated carbocycles. The lowest BCUT2D eigenvalue weighted by molar-refractivity contribution is -0.126. The zero-order chi connectivity index (χ0) is 16.6. The van der Waals surface area contributed by atoms with Gasteiger partial charge in [0.25, 0.3) is 0 Å². The molecule has 0 N–H and O–H groups in total. The number of hydrogen-bond donors (Lipinski definition) is 0. The van der Waals surface area contributed by atoms with Gasteiger partial charge in [-0.15, -0.1) is 0 Å². The Bertz CT molecular complexity index is 292. The van der Waals surface area contributed by atoms with Crippen LogP contribution in [0.2, 0.25) is 0 Å². The summed E-state index contributed by atoms with van der Waals surface area (Å²) in [6.07, 6.45) is 15.8. The molecule has 0 aliphatic carbocycles. The second-order valence-corrected chi connectivity index (χ2v) is 6.73. The van der Waals surface area contributed by atoms with Gasteiger partial charge >= 0.3 is 0 Å². The first-order valence-electron chi connectivity index (χ1n) is 9.55. The third kappa shape index (κ3) is 12.9. The van der Waals surface area contributed by atoms with Crippen molar-refractivity contribution in [3.63, 3.8) is 0 Å². The minimum absolute atomic E-state index is 0.212. The number of nitrogens with zero attached hydrogens (tertiary/aromatic N) is 1. The molecule has 0 radical (unpaired) electrons. The smallest absolute Gasteiger partial charge is 0.246 e. The van der Waals surface area contributed by atoms with Crippen LogP contribution in [-0.4, -0.2) is 23.9 Å². The number of carbonyl (C=O) groups is 1. The maximum atomic E-state index is 12.3. The van der Waals surface area contributed by atoms with Crippen LogP contribution in [0.5, 0.6) is 0 Å². The van der Waals surface area contributed by atoms with Crippen molar-refractivity contribution in [2.24, 2.45) is 0 Å². The number of unbranched alkanes of at least 4 members (excludes halogenated alkanes) is 9. The Hall–Kier alpha value is -0.790. The highest BCUT2D eigenvalue weighted by Gasteiger charge is 2.10. The lowest BCUT2D eigenvalue weighted by Gasteiger charge is -2.21. The van der Waals surface area contributed by atoms with Crippen LogP contribution in [0, 0.1) is 0 Å². The molecule has 0 saturated heterocycles. The summed E-state index contributed by atoms with van der Waals surface area (Å²) in [5, 5.41) is 0. The summed E-state index contributed by atoms with van der Waals surface area (Å²) in [5.74, 6) is 0.212. The molecule has 0 aliphatic heterocycles. The second kappa shape index (κ2) is 15.1. The van der Waals surface area contributed by atoms with Crippen LogP contribution in [0.15, 0.2) is 11.6 Å². The van der Waals surface area contributed by atoms with Gasteiger partial charge in [0.1, 0.15) is 0 Å². The molecule has 2 heteroatoms. The van der Waals surface area contributed by atoms with E-state index in [0.717, 1.165) is 31.5 Å². The Morgan fingerprint density at radius 1 is 0.727 bits per heavy atom. The van der Waals surface area contributed by atoms with E-state index in [1.807, 2.05) is 13.8 Å². The minimum Gasteiger partial charge on any atom is -0.339 e. The summed E-state index contributed by atoms with van der Waals surface area (Å²) in [5.41, 5.74) is 1.10. The van der Waals surface area contributed by atoms with E-state index in [9.17, 15) is 4.79 Å². The fourth-order valence-corrected chi connectivity index (χ4v) is 2.66. The highest BCUT2D eigenvalue weighted by molar-refractivity contribution is 5.88. The van der Waals surface area contributed by atoms with Crippen LogP contribution in [0.3, 0.4) is 0 Å². The molecule has 0 aromatic carbocycles. The van der Waals surface area contributed by atoms with E-state index in [1.165, 1.54) is 57.8 Å². The molecule has 0 bridgehead atoms. The van der Waals surface area contributed by atoms with Gasteiger partial charge in [-0.2, -0.15) is 0 Å². The van der Waals surface area contributed by atoms with Crippen LogP contribution < -0.4 is 0 Å². The minimum atomic E-state index is 0.212. The van der Waals surface area contributed by atoms with E-state index < -0.39 is 0 Å². The van der Waals surface area contributed by atoms with Gasteiger partial charge < -0.3 is 4.90 Å². The second-order valence-electron chi connectivity index (χ2n) is 6.73. The van der Waals surface area contributed by atoms with E-state index in [4.69, 9.17) is 0 Å². The summed E-state index contributed by atoms with van der Waals surface area (Å²) in [6, 6.07) is 0. The monoisotopic (exact) mass is 309 g/mol. The molecule has 0 rings (SSSR count). The molecule has 0 spiro atoms. The predicted molar refractivity (Wildman–Crippen MR) is 98.1 cm³/mol. The van der Waals surface area contributed by atoms with Crippen molar-refractivity contribution in [2.75, 3.05) is 13.1 Å². The number of rotatable bonds is 14. The van der Waals surface area contributed by atoms with Crippen molar-refractivity contribution in [2.45, 2.75) is 98.3 Å². The van der Waals surface area contributed by atoms with E-state index in [2.05, 4.69) is 18.7 Å². The summed E-state index contributed by atoms with van der Waals surface area (Å²) in [4.78, 5) is 14.4. The van der Waals surface area contributed by atoms with E-state index >= 15 is 0 Å². The maximum Gasteiger partial charge on any atom is 0.246 e. The quantitative estimate of drug-likeness (QED) is 0.280. The molecule has 0 aromatic rings. The van der Waals surface area contributed by atoms with Gasteiger partial charge in [0.15, 0.2) is 0 Å². The fraction of sp³-hybridized carbons (Fsp3) is 0.850. The first kappa shape index (κ1) is 21.2. The summed E-state index contributed by atoms with van der Waals surface area (Å²) < 4.78 is 0. The summed E-state index contributed by atoms with van der Waals surface area (Å²) in [6.45, 7) is 10.4. The number of amides is 1. The molecule has 22 heavy (non-hydrogen) atoms. The largest absolute Gasteiger partial charge is 0.339 e. The first-order valence-corrected chi connectivity index (χ1v) is 9.55. The Kier molecular flexibility index (Phi) is 14.6.